The lowest BCUT2D eigenvalue weighted by atomic mass is 10.3. The molecule has 1 saturated carbocycles. The predicted octanol–water partition coefficient (Wildman–Crippen LogP) is 0.584. The summed E-state index contributed by atoms with van der Waals surface area (Å²) >= 11 is 0. The highest BCUT2D eigenvalue weighted by atomic mass is 16.4. The number of rotatable bonds is 6. The van der Waals surface area contributed by atoms with Gasteiger partial charge in [-0.3, -0.25) is 4.90 Å². The zero-order valence-electron chi connectivity index (χ0n) is 11.5. The number of carboxylic acids is 1. The minimum atomic E-state index is -1.00. The number of likely N-dealkylation sites (N-methyl/N-ethyl adjacent to an activating group) is 2. The Labute approximate surface area is 108 Å². The van der Waals surface area contributed by atoms with E-state index in [1.165, 1.54) is 31.7 Å². The molecule has 0 aliphatic heterocycles. The van der Waals surface area contributed by atoms with Crippen molar-refractivity contribution in [2.45, 2.75) is 44.8 Å². The first-order chi connectivity index (χ1) is 8.34. The molecule has 104 valence electrons. The number of hydrogen-bond donors (Lipinski definition) is 2. The van der Waals surface area contributed by atoms with Crippen LogP contribution in [0.3, 0.4) is 0 Å². The van der Waals surface area contributed by atoms with Crippen LogP contribution < -0.4 is 5.32 Å². The molecule has 6 heteroatoms. The number of carbonyl (C=O) groups excluding carboxylic acids is 1. The highest BCUT2D eigenvalue weighted by Gasteiger charge is 2.29. The quantitative estimate of drug-likeness (QED) is 0.730. The van der Waals surface area contributed by atoms with E-state index in [1.54, 1.807) is 0 Å². The van der Waals surface area contributed by atoms with Crippen molar-refractivity contribution in [3.05, 3.63) is 0 Å². The maximum atomic E-state index is 11.7. The molecule has 2 unspecified atom stereocenters. The Morgan fingerprint density at radius 2 is 1.89 bits per heavy atom. The molecule has 0 aromatic rings. The summed E-state index contributed by atoms with van der Waals surface area (Å²) in [6, 6.07) is -0.259. The maximum absolute atomic E-state index is 11.7. The van der Waals surface area contributed by atoms with Gasteiger partial charge in [0.25, 0.3) is 0 Å². The fraction of sp³-hybridized carbons (Fsp3) is 0.833. The monoisotopic (exact) mass is 257 g/mol. The van der Waals surface area contributed by atoms with E-state index >= 15 is 0 Å². The van der Waals surface area contributed by atoms with E-state index in [0.717, 1.165) is 0 Å². The minimum Gasteiger partial charge on any atom is -0.480 e. The van der Waals surface area contributed by atoms with E-state index in [1.807, 2.05) is 0 Å². The van der Waals surface area contributed by atoms with E-state index < -0.39 is 12.0 Å². The largest absolute Gasteiger partial charge is 0.480 e. The molecule has 0 spiro atoms. The van der Waals surface area contributed by atoms with E-state index in [2.05, 4.69) is 24.2 Å². The standard InChI is InChI=1S/C12H23N3O3/c1-8(14(3)10-5-6-10)7-13-12(18)15(4)9(2)11(16)17/h8-10H,5-7H2,1-4H3,(H,13,18)(H,16,17). The van der Waals surface area contributed by atoms with E-state index in [4.69, 9.17) is 5.11 Å². The van der Waals surface area contributed by atoms with E-state index in [-0.39, 0.29) is 12.1 Å². The first-order valence-corrected chi connectivity index (χ1v) is 6.30. The molecule has 0 bridgehead atoms. The SMILES string of the molecule is CC(C(=O)O)N(C)C(=O)NCC(C)N(C)C1CC1. The van der Waals surface area contributed by atoms with Gasteiger partial charge in [-0.05, 0) is 33.7 Å². The second-order valence-corrected chi connectivity index (χ2v) is 5.06. The molecule has 6 nitrogen and oxygen atoms in total. The van der Waals surface area contributed by atoms with Crippen LogP contribution in [0.2, 0.25) is 0 Å². The van der Waals surface area contributed by atoms with Crippen molar-refractivity contribution in [3.8, 4) is 0 Å². The van der Waals surface area contributed by atoms with Gasteiger partial charge in [0.05, 0.1) is 0 Å². The lowest BCUT2D eigenvalue weighted by Gasteiger charge is -2.27. The highest BCUT2D eigenvalue weighted by Crippen LogP contribution is 2.26. The molecule has 0 heterocycles. The summed E-state index contributed by atoms with van der Waals surface area (Å²) in [5.74, 6) is -1.00. The number of nitrogens with one attached hydrogen (secondary N) is 1. The number of urea groups is 1. The van der Waals surface area contributed by atoms with Gasteiger partial charge in [0.2, 0.25) is 0 Å². The molecule has 1 aliphatic rings. The van der Waals surface area contributed by atoms with Gasteiger partial charge < -0.3 is 15.3 Å². The van der Waals surface area contributed by atoms with Gasteiger partial charge in [0.1, 0.15) is 6.04 Å². The number of carbonyl (C=O) groups is 2. The molecule has 2 atom stereocenters. The molecule has 0 saturated heterocycles. The number of amides is 2. The molecular formula is C12H23N3O3. The second kappa shape index (κ2) is 6.04. The first kappa shape index (κ1) is 14.8. The van der Waals surface area contributed by atoms with Crippen LogP contribution in [0.4, 0.5) is 4.79 Å². The zero-order valence-corrected chi connectivity index (χ0v) is 11.5. The summed E-state index contributed by atoms with van der Waals surface area (Å²) in [6.45, 7) is 4.07. The second-order valence-electron chi connectivity index (χ2n) is 5.06. The zero-order chi connectivity index (χ0) is 13.9. The Hall–Kier alpha value is -1.30. The normalized spacial score (nSPS) is 18.3. The summed E-state index contributed by atoms with van der Waals surface area (Å²) in [6.07, 6.45) is 2.45. The van der Waals surface area contributed by atoms with Crippen LogP contribution >= 0.6 is 0 Å². The Morgan fingerprint density at radius 3 is 2.33 bits per heavy atom. The summed E-state index contributed by atoms with van der Waals surface area (Å²) in [4.78, 5) is 25.9. The molecule has 1 aliphatic carbocycles. The maximum Gasteiger partial charge on any atom is 0.326 e. The Morgan fingerprint density at radius 1 is 1.33 bits per heavy atom. The molecular weight excluding hydrogens is 234 g/mol. The predicted molar refractivity (Wildman–Crippen MR) is 68.5 cm³/mol. The average Bonchev–Trinajstić information content (AvgIpc) is 3.16. The van der Waals surface area contributed by atoms with Crippen molar-refractivity contribution >= 4 is 12.0 Å². The van der Waals surface area contributed by atoms with Gasteiger partial charge in [0, 0.05) is 25.7 Å². The molecule has 1 rings (SSSR count). The van der Waals surface area contributed by atoms with Crippen LogP contribution in [0, 0.1) is 0 Å². The molecule has 18 heavy (non-hydrogen) atoms. The minimum absolute atomic E-state index is 0.259. The van der Waals surface area contributed by atoms with Crippen molar-refractivity contribution in [3.63, 3.8) is 0 Å². The van der Waals surface area contributed by atoms with Gasteiger partial charge in [-0.1, -0.05) is 0 Å². The van der Waals surface area contributed by atoms with Gasteiger partial charge in [-0.25, -0.2) is 9.59 Å². The van der Waals surface area contributed by atoms with Crippen LogP contribution in [-0.2, 0) is 4.79 Å². The Bertz CT molecular complexity index is 318. The number of aliphatic carboxylic acids is 1. The topological polar surface area (TPSA) is 72.9 Å². The van der Waals surface area contributed by atoms with Crippen LogP contribution in [-0.4, -0.2) is 65.7 Å². The third-order valence-electron chi connectivity index (χ3n) is 3.63. The van der Waals surface area contributed by atoms with Crippen molar-refractivity contribution in [1.29, 1.82) is 0 Å². The number of hydrogen-bond acceptors (Lipinski definition) is 3. The Kier molecular flexibility index (Phi) is 4.95. The number of nitrogens with zero attached hydrogens (tertiary/aromatic N) is 2. The molecule has 0 aromatic carbocycles. The van der Waals surface area contributed by atoms with Gasteiger partial charge in [-0.15, -0.1) is 0 Å². The average molecular weight is 257 g/mol. The first-order valence-electron chi connectivity index (χ1n) is 6.30. The van der Waals surface area contributed by atoms with Crippen molar-refractivity contribution < 1.29 is 14.7 Å². The van der Waals surface area contributed by atoms with Crippen LogP contribution in [0.1, 0.15) is 26.7 Å². The van der Waals surface area contributed by atoms with Crippen molar-refractivity contribution in [1.82, 2.24) is 15.1 Å². The molecule has 0 aromatic heterocycles. The van der Waals surface area contributed by atoms with Gasteiger partial charge >= 0.3 is 12.0 Å². The fourth-order valence-corrected chi connectivity index (χ4v) is 1.69. The molecule has 2 N–H and O–H groups in total. The Balaban J connectivity index is 2.33. The van der Waals surface area contributed by atoms with Crippen molar-refractivity contribution in [2.75, 3.05) is 20.6 Å². The fourth-order valence-electron chi connectivity index (χ4n) is 1.69. The molecule has 2 amide bonds. The van der Waals surface area contributed by atoms with Gasteiger partial charge in [-0.2, -0.15) is 0 Å². The lowest BCUT2D eigenvalue weighted by molar-refractivity contribution is -0.141. The summed E-state index contributed by atoms with van der Waals surface area (Å²) in [5, 5.41) is 11.6. The lowest BCUT2D eigenvalue weighted by Crippen LogP contribution is -2.49. The summed E-state index contributed by atoms with van der Waals surface area (Å²) in [5.41, 5.74) is 0. The van der Waals surface area contributed by atoms with Gasteiger partial charge in [0.15, 0.2) is 0 Å². The summed E-state index contributed by atoms with van der Waals surface area (Å²) < 4.78 is 0. The number of carboxylic acid groups (broad SMARTS) is 1. The molecule has 1 fully saturated rings. The highest BCUT2D eigenvalue weighted by molar-refractivity contribution is 5.82. The van der Waals surface area contributed by atoms with E-state index in [0.29, 0.717) is 12.6 Å². The van der Waals surface area contributed by atoms with Crippen LogP contribution in [0.15, 0.2) is 0 Å². The van der Waals surface area contributed by atoms with Crippen molar-refractivity contribution in [2.24, 2.45) is 0 Å². The summed E-state index contributed by atoms with van der Waals surface area (Å²) in [7, 11) is 3.54. The third-order valence-corrected chi connectivity index (χ3v) is 3.63. The van der Waals surface area contributed by atoms with Crippen LogP contribution in [0.25, 0.3) is 0 Å². The van der Waals surface area contributed by atoms with Crippen LogP contribution in [0.5, 0.6) is 0 Å². The van der Waals surface area contributed by atoms with E-state index in [9.17, 15) is 9.59 Å². The third kappa shape index (κ3) is 3.87. The molecule has 0 radical (unpaired) electrons. The smallest absolute Gasteiger partial charge is 0.326 e.